The zero-order valence-corrected chi connectivity index (χ0v) is 11.7. The lowest BCUT2D eigenvalue weighted by molar-refractivity contribution is -0.143. The predicted octanol–water partition coefficient (Wildman–Crippen LogP) is 2.45. The SMILES string of the molecule is CCCCC(NCCC(C)SC)C(=O)OC. The number of rotatable bonds is 9. The molecule has 0 aromatic carbocycles. The number of nitrogens with one attached hydrogen (secondary N) is 1. The molecule has 16 heavy (non-hydrogen) atoms. The van der Waals surface area contributed by atoms with Crippen LogP contribution < -0.4 is 5.32 Å². The molecule has 0 aliphatic rings. The standard InChI is InChI=1S/C12H25NO2S/c1-5-6-7-11(12(14)15-3)13-9-8-10(2)16-4/h10-11,13H,5-9H2,1-4H3. The van der Waals surface area contributed by atoms with Crippen molar-refractivity contribution in [2.45, 2.75) is 50.8 Å². The fourth-order valence-corrected chi connectivity index (χ4v) is 1.79. The zero-order chi connectivity index (χ0) is 12.4. The summed E-state index contributed by atoms with van der Waals surface area (Å²) in [7, 11) is 1.45. The monoisotopic (exact) mass is 247 g/mol. The maximum atomic E-state index is 11.5. The maximum absolute atomic E-state index is 11.5. The van der Waals surface area contributed by atoms with Crippen LogP contribution in [0.5, 0.6) is 0 Å². The van der Waals surface area contributed by atoms with Gasteiger partial charge in [0.25, 0.3) is 0 Å². The minimum absolute atomic E-state index is 0.126. The highest BCUT2D eigenvalue weighted by Crippen LogP contribution is 2.09. The summed E-state index contributed by atoms with van der Waals surface area (Å²) in [6, 6.07) is -0.126. The Kier molecular flexibility index (Phi) is 9.83. The van der Waals surface area contributed by atoms with E-state index in [9.17, 15) is 4.79 Å². The molecule has 96 valence electrons. The van der Waals surface area contributed by atoms with E-state index in [0.717, 1.165) is 32.2 Å². The van der Waals surface area contributed by atoms with E-state index in [1.54, 1.807) is 0 Å². The van der Waals surface area contributed by atoms with Crippen LogP contribution in [-0.4, -0.2) is 37.2 Å². The summed E-state index contributed by atoms with van der Waals surface area (Å²) in [4.78, 5) is 11.5. The number of carbonyl (C=O) groups excluding carboxylic acids is 1. The fourth-order valence-electron chi connectivity index (χ4n) is 1.43. The van der Waals surface area contributed by atoms with Gasteiger partial charge in [-0.2, -0.15) is 11.8 Å². The summed E-state index contributed by atoms with van der Waals surface area (Å²) in [5, 5.41) is 3.92. The van der Waals surface area contributed by atoms with Gasteiger partial charge in [-0.05, 0) is 25.6 Å². The topological polar surface area (TPSA) is 38.3 Å². The maximum Gasteiger partial charge on any atom is 0.322 e. The molecule has 2 unspecified atom stereocenters. The van der Waals surface area contributed by atoms with Crippen LogP contribution in [0.25, 0.3) is 0 Å². The van der Waals surface area contributed by atoms with Gasteiger partial charge in [-0.3, -0.25) is 4.79 Å². The average Bonchev–Trinajstić information content (AvgIpc) is 2.32. The lowest BCUT2D eigenvalue weighted by Gasteiger charge is -2.17. The third kappa shape index (κ3) is 7.12. The number of carbonyl (C=O) groups is 1. The van der Waals surface area contributed by atoms with E-state index in [-0.39, 0.29) is 12.0 Å². The van der Waals surface area contributed by atoms with Gasteiger partial charge in [0, 0.05) is 5.25 Å². The van der Waals surface area contributed by atoms with Crippen molar-refractivity contribution in [1.29, 1.82) is 0 Å². The molecule has 0 rings (SSSR count). The Bertz CT molecular complexity index is 188. The Balaban J connectivity index is 3.86. The van der Waals surface area contributed by atoms with E-state index in [1.807, 2.05) is 11.8 Å². The molecule has 0 amide bonds. The summed E-state index contributed by atoms with van der Waals surface area (Å²) in [6.07, 6.45) is 6.23. The second kappa shape index (κ2) is 9.97. The van der Waals surface area contributed by atoms with Crippen molar-refractivity contribution in [2.24, 2.45) is 0 Å². The average molecular weight is 247 g/mol. The van der Waals surface area contributed by atoms with E-state index in [1.165, 1.54) is 7.11 Å². The van der Waals surface area contributed by atoms with Gasteiger partial charge in [0.15, 0.2) is 0 Å². The van der Waals surface area contributed by atoms with Crippen molar-refractivity contribution in [2.75, 3.05) is 19.9 Å². The molecule has 2 atom stereocenters. The number of unbranched alkanes of at least 4 members (excludes halogenated alkanes) is 1. The van der Waals surface area contributed by atoms with Crippen LogP contribution in [0.1, 0.15) is 39.5 Å². The minimum atomic E-state index is -0.134. The van der Waals surface area contributed by atoms with Crippen LogP contribution >= 0.6 is 11.8 Å². The van der Waals surface area contributed by atoms with Crippen molar-refractivity contribution in [3.8, 4) is 0 Å². The fraction of sp³-hybridized carbons (Fsp3) is 0.917. The first-order chi connectivity index (χ1) is 7.65. The summed E-state index contributed by atoms with van der Waals surface area (Å²) in [5.41, 5.74) is 0. The first-order valence-corrected chi connectivity index (χ1v) is 7.28. The summed E-state index contributed by atoms with van der Waals surface area (Å²) in [6.45, 7) is 5.21. The smallest absolute Gasteiger partial charge is 0.322 e. The van der Waals surface area contributed by atoms with Gasteiger partial charge < -0.3 is 10.1 Å². The van der Waals surface area contributed by atoms with E-state index in [2.05, 4.69) is 25.4 Å². The zero-order valence-electron chi connectivity index (χ0n) is 10.9. The van der Waals surface area contributed by atoms with Gasteiger partial charge in [-0.25, -0.2) is 0 Å². The number of thioether (sulfide) groups is 1. The van der Waals surface area contributed by atoms with Gasteiger partial charge in [0.1, 0.15) is 6.04 Å². The highest BCUT2D eigenvalue weighted by molar-refractivity contribution is 7.99. The molecular weight excluding hydrogens is 222 g/mol. The highest BCUT2D eigenvalue weighted by Gasteiger charge is 2.17. The van der Waals surface area contributed by atoms with Gasteiger partial charge in [-0.15, -0.1) is 0 Å². The Labute approximate surface area is 104 Å². The molecule has 0 fully saturated rings. The largest absolute Gasteiger partial charge is 0.468 e. The van der Waals surface area contributed by atoms with Gasteiger partial charge >= 0.3 is 5.97 Å². The summed E-state index contributed by atoms with van der Waals surface area (Å²) >= 11 is 1.85. The van der Waals surface area contributed by atoms with Crippen molar-refractivity contribution in [1.82, 2.24) is 5.32 Å². The van der Waals surface area contributed by atoms with Crippen molar-refractivity contribution in [3.05, 3.63) is 0 Å². The molecule has 0 heterocycles. The van der Waals surface area contributed by atoms with Crippen molar-refractivity contribution >= 4 is 17.7 Å². The van der Waals surface area contributed by atoms with Crippen molar-refractivity contribution in [3.63, 3.8) is 0 Å². The number of esters is 1. The predicted molar refractivity (Wildman–Crippen MR) is 70.9 cm³/mol. The first kappa shape index (κ1) is 15.8. The molecule has 0 aliphatic carbocycles. The van der Waals surface area contributed by atoms with Gasteiger partial charge in [0.05, 0.1) is 7.11 Å². The molecule has 0 spiro atoms. The Morgan fingerprint density at radius 1 is 1.44 bits per heavy atom. The normalized spacial score (nSPS) is 14.5. The quantitative estimate of drug-likeness (QED) is 0.635. The molecule has 0 saturated carbocycles. The lowest BCUT2D eigenvalue weighted by atomic mass is 10.1. The van der Waals surface area contributed by atoms with Gasteiger partial charge in [0.2, 0.25) is 0 Å². The molecule has 0 radical (unpaired) electrons. The number of hydrogen-bond acceptors (Lipinski definition) is 4. The molecule has 0 aromatic rings. The van der Waals surface area contributed by atoms with Crippen LogP contribution in [0.15, 0.2) is 0 Å². The number of methoxy groups -OCH3 is 1. The van der Waals surface area contributed by atoms with E-state index in [0.29, 0.717) is 5.25 Å². The highest BCUT2D eigenvalue weighted by atomic mass is 32.2. The summed E-state index contributed by atoms with van der Waals surface area (Å²) < 4.78 is 4.79. The Morgan fingerprint density at radius 2 is 2.12 bits per heavy atom. The molecule has 4 heteroatoms. The van der Waals surface area contributed by atoms with Crippen LogP contribution in [0.4, 0.5) is 0 Å². The van der Waals surface area contributed by atoms with E-state index >= 15 is 0 Å². The first-order valence-electron chi connectivity index (χ1n) is 5.99. The second-order valence-corrected chi connectivity index (χ2v) is 5.28. The van der Waals surface area contributed by atoms with Crippen LogP contribution in [0.3, 0.4) is 0 Å². The second-order valence-electron chi connectivity index (χ2n) is 4.01. The molecule has 3 nitrogen and oxygen atoms in total. The summed E-state index contributed by atoms with van der Waals surface area (Å²) in [5.74, 6) is -0.134. The minimum Gasteiger partial charge on any atom is -0.468 e. The van der Waals surface area contributed by atoms with E-state index in [4.69, 9.17) is 4.74 Å². The third-order valence-electron chi connectivity index (χ3n) is 2.68. The Hall–Kier alpha value is -0.220. The molecule has 0 bridgehead atoms. The van der Waals surface area contributed by atoms with Crippen LogP contribution in [-0.2, 0) is 9.53 Å². The molecule has 0 aliphatic heterocycles. The number of ether oxygens (including phenoxy) is 1. The third-order valence-corrected chi connectivity index (χ3v) is 3.72. The molecular formula is C12H25NO2S. The van der Waals surface area contributed by atoms with E-state index < -0.39 is 0 Å². The molecule has 0 saturated heterocycles. The number of hydrogen-bond donors (Lipinski definition) is 1. The lowest BCUT2D eigenvalue weighted by Crippen LogP contribution is -2.38. The molecule has 0 aromatic heterocycles. The van der Waals surface area contributed by atoms with Crippen LogP contribution in [0.2, 0.25) is 0 Å². The Morgan fingerprint density at radius 3 is 2.62 bits per heavy atom. The molecule has 1 N–H and O–H groups in total. The van der Waals surface area contributed by atoms with Gasteiger partial charge in [-0.1, -0.05) is 26.7 Å². The van der Waals surface area contributed by atoms with Crippen LogP contribution in [0, 0.1) is 0 Å². The van der Waals surface area contributed by atoms with Crippen molar-refractivity contribution < 1.29 is 9.53 Å².